The van der Waals surface area contributed by atoms with Crippen LogP contribution in [0.15, 0.2) is 23.5 Å². The number of rotatable bonds is 3. The normalized spacial score (nSPS) is 19.5. The standard InChI is InChI=1S/C13H20N4O2/c1-9(18)10-3-6-17(7-4-10)11-2-5-15-12(8-11)13(14)16-19/h2,5,8-10,18-19H,3-4,6-7H2,1H3,(H2,14,16). The van der Waals surface area contributed by atoms with Gasteiger partial charge in [0.1, 0.15) is 5.69 Å². The summed E-state index contributed by atoms with van der Waals surface area (Å²) in [6.45, 7) is 3.65. The molecule has 0 radical (unpaired) electrons. The van der Waals surface area contributed by atoms with Crippen molar-refractivity contribution in [1.82, 2.24) is 4.98 Å². The van der Waals surface area contributed by atoms with Gasteiger partial charge in [-0.2, -0.15) is 0 Å². The molecule has 1 saturated heterocycles. The predicted molar refractivity (Wildman–Crippen MR) is 73.4 cm³/mol. The molecule has 1 aliphatic rings. The van der Waals surface area contributed by atoms with Gasteiger partial charge in [-0.3, -0.25) is 4.98 Å². The molecule has 1 unspecified atom stereocenters. The van der Waals surface area contributed by atoms with Gasteiger partial charge in [-0.05, 0) is 37.8 Å². The topological polar surface area (TPSA) is 95.0 Å². The first-order valence-electron chi connectivity index (χ1n) is 6.48. The highest BCUT2D eigenvalue weighted by molar-refractivity contribution is 5.95. The molecule has 0 aliphatic carbocycles. The fourth-order valence-corrected chi connectivity index (χ4v) is 2.45. The van der Waals surface area contributed by atoms with Crippen LogP contribution in [0.1, 0.15) is 25.5 Å². The van der Waals surface area contributed by atoms with Crippen LogP contribution in [-0.2, 0) is 0 Å². The molecule has 0 amide bonds. The molecule has 1 aromatic rings. The lowest BCUT2D eigenvalue weighted by atomic mass is 9.92. The molecule has 4 N–H and O–H groups in total. The number of aliphatic hydroxyl groups excluding tert-OH is 1. The van der Waals surface area contributed by atoms with E-state index in [-0.39, 0.29) is 11.9 Å². The first-order valence-corrected chi connectivity index (χ1v) is 6.48. The second-order valence-corrected chi connectivity index (χ2v) is 4.95. The predicted octanol–water partition coefficient (Wildman–Crippen LogP) is 0.773. The highest BCUT2D eigenvalue weighted by Gasteiger charge is 2.23. The minimum atomic E-state index is -0.243. The molecule has 1 atom stereocenters. The van der Waals surface area contributed by atoms with Crippen LogP contribution in [0.5, 0.6) is 0 Å². The quantitative estimate of drug-likeness (QED) is 0.324. The molecule has 19 heavy (non-hydrogen) atoms. The van der Waals surface area contributed by atoms with Gasteiger partial charge in [0.25, 0.3) is 0 Å². The van der Waals surface area contributed by atoms with Crippen LogP contribution in [0.25, 0.3) is 0 Å². The summed E-state index contributed by atoms with van der Waals surface area (Å²) in [6, 6.07) is 3.73. The van der Waals surface area contributed by atoms with Gasteiger partial charge < -0.3 is 20.9 Å². The zero-order valence-corrected chi connectivity index (χ0v) is 11.0. The van der Waals surface area contributed by atoms with E-state index in [1.165, 1.54) is 0 Å². The van der Waals surface area contributed by atoms with Crippen LogP contribution in [0, 0.1) is 5.92 Å². The SMILES string of the molecule is CC(O)C1CCN(c2ccnc(/C(N)=N/O)c2)CC1. The van der Waals surface area contributed by atoms with E-state index in [0.717, 1.165) is 31.6 Å². The van der Waals surface area contributed by atoms with Crippen LogP contribution >= 0.6 is 0 Å². The molecular formula is C13H20N4O2. The summed E-state index contributed by atoms with van der Waals surface area (Å²) in [5.41, 5.74) is 7.02. The Morgan fingerprint density at radius 2 is 2.21 bits per heavy atom. The summed E-state index contributed by atoms with van der Waals surface area (Å²) < 4.78 is 0. The Bertz CT molecular complexity index is 454. The lowest BCUT2D eigenvalue weighted by molar-refractivity contribution is 0.110. The maximum absolute atomic E-state index is 9.59. The summed E-state index contributed by atoms with van der Waals surface area (Å²) >= 11 is 0. The highest BCUT2D eigenvalue weighted by atomic mass is 16.4. The molecule has 6 heteroatoms. The van der Waals surface area contributed by atoms with Crippen molar-refractivity contribution in [3.63, 3.8) is 0 Å². The maximum Gasteiger partial charge on any atom is 0.188 e. The first kappa shape index (κ1) is 13.6. The molecule has 1 fully saturated rings. The first-order chi connectivity index (χ1) is 9.11. The van der Waals surface area contributed by atoms with Gasteiger partial charge in [0.2, 0.25) is 0 Å². The van der Waals surface area contributed by atoms with Crippen molar-refractivity contribution < 1.29 is 10.3 Å². The summed E-state index contributed by atoms with van der Waals surface area (Å²) in [5, 5.41) is 21.2. The summed E-state index contributed by atoms with van der Waals surface area (Å²) in [4.78, 5) is 6.30. The van der Waals surface area contributed by atoms with Crippen molar-refractivity contribution in [1.29, 1.82) is 0 Å². The number of nitrogens with two attached hydrogens (primary N) is 1. The van der Waals surface area contributed by atoms with E-state index < -0.39 is 0 Å². The van der Waals surface area contributed by atoms with Gasteiger partial charge in [0.05, 0.1) is 6.10 Å². The smallest absolute Gasteiger partial charge is 0.188 e. The minimum Gasteiger partial charge on any atom is -0.409 e. The van der Waals surface area contributed by atoms with E-state index >= 15 is 0 Å². The Morgan fingerprint density at radius 1 is 1.53 bits per heavy atom. The summed E-state index contributed by atoms with van der Waals surface area (Å²) in [7, 11) is 0. The monoisotopic (exact) mass is 264 g/mol. The second kappa shape index (κ2) is 5.88. The maximum atomic E-state index is 9.59. The minimum absolute atomic E-state index is 0.0146. The van der Waals surface area contributed by atoms with Gasteiger partial charge in [-0.15, -0.1) is 0 Å². The Hall–Kier alpha value is -1.82. The van der Waals surface area contributed by atoms with Crippen molar-refractivity contribution in [3.8, 4) is 0 Å². The number of nitrogens with zero attached hydrogens (tertiary/aromatic N) is 3. The van der Waals surface area contributed by atoms with Gasteiger partial charge in [0, 0.05) is 25.0 Å². The number of pyridine rings is 1. The third-order valence-electron chi connectivity index (χ3n) is 3.70. The lowest BCUT2D eigenvalue weighted by Gasteiger charge is -2.34. The van der Waals surface area contributed by atoms with E-state index in [1.807, 2.05) is 19.1 Å². The average Bonchev–Trinajstić information content (AvgIpc) is 2.46. The number of aromatic nitrogens is 1. The molecule has 2 rings (SSSR count). The van der Waals surface area contributed by atoms with E-state index in [1.54, 1.807) is 6.20 Å². The molecule has 1 aliphatic heterocycles. The Balaban J connectivity index is 2.07. The largest absolute Gasteiger partial charge is 0.409 e. The van der Waals surface area contributed by atoms with Crippen molar-refractivity contribution in [2.24, 2.45) is 16.8 Å². The van der Waals surface area contributed by atoms with Crippen LogP contribution in [-0.4, -0.2) is 40.3 Å². The van der Waals surface area contributed by atoms with E-state index in [0.29, 0.717) is 11.6 Å². The fraction of sp³-hybridized carbons (Fsp3) is 0.538. The molecule has 1 aromatic heterocycles. The molecule has 104 valence electrons. The Labute approximate surface area is 112 Å². The van der Waals surface area contributed by atoms with Crippen molar-refractivity contribution in [2.45, 2.75) is 25.9 Å². The zero-order chi connectivity index (χ0) is 13.8. The molecule has 0 spiro atoms. The second-order valence-electron chi connectivity index (χ2n) is 4.95. The number of hydrogen-bond acceptors (Lipinski definition) is 5. The number of hydrogen-bond donors (Lipinski definition) is 3. The molecule has 2 heterocycles. The van der Waals surface area contributed by atoms with Crippen LogP contribution in [0.4, 0.5) is 5.69 Å². The van der Waals surface area contributed by atoms with E-state index in [4.69, 9.17) is 10.9 Å². The average molecular weight is 264 g/mol. The van der Waals surface area contributed by atoms with Crippen LogP contribution in [0.2, 0.25) is 0 Å². The molecule has 0 aromatic carbocycles. The van der Waals surface area contributed by atoms with Gasteiger partial charge >= 0.3 is 0 Å². The van der Waals surface area contributed by atoms with E-state index in [2.05, 4.69) is 15.0 Å². The van der Waals surface area contributed by atoms with Crippen molar-refractivity contribution in [3.05, 3.63) is 24.0 Å². The molecule has 0 saturated carbocycles. The van der Waals surface area contributed by atoms with Gasteiger partial charge in [0.15, 0.2) is 5.84 Å². The van der Waals surface area contributed by atoms with Crippen molar-refractivity contribution in [2.75, 3.05) is 18.0 Å². The number of piperidine rings is 1. The summed E-state index contributed by atoms with van der Waals surface area (Å²) in [5.74, 6) is 0.391. The van der Waals surface area contributed by atoms with Crippen LogP contribution in [0.3, 0.4) is 0 Å². The fourth-order valence-electron chi connectivity index (χ4n) is 2.45. The molecular weight excluding hydrogens is 244 g/mol. The van der Waals surface area contributed by atoms with E-state index in [9.17, 15) is 5.11 Å². The summed E-state index contributed by atoms with van der Waals surface area (Å²) in [6.07, 6.45) is 3.36. The number of amidine groups is 1. The number of anilines is 1. The highest BCUT2D eigenvalue weighted by Crippen LogP contribution is 2.25. The Kier molecular flexibility index (Phi) is 4.21. The van der Waals surface area contributed by atoms with Crippen molar-refractivity contribution >= 4 is 11.5 Å². The Morgan fingerprint density at radius 3 is 2.79 bits per heavy atom. The van der Waals surface area contributed by atoms with Gasteiger partial charge in [-0.1, -0.05) is 5.16 Å². The lowest BCUT2D eigenvalue weighted by Crippen LogP contribution is -2.37. The third kappa shape index (κ3) is 3.14. The molecule has 0 bridgehead atoms. The van der Waals surface area contributed by atoms with Gasteiger partial charge in [-0.25, -0.2) is 0 Å². The number of aliphatic hydroxyl groups is 1. The molecule has 6 nitrogen and oxygen atoms in total. The van der Waals surface area contributed by atoms with Crippen LogP contribution < -0.4 is 10.6 Å². The zero-order valence-electron chi connectivity index (χ0n) is 11.0. The number of oxime groups is 1. The third-order valence-corrected chi connectivity index (χ3v) is 3.70.